The molecule has 6 heteroatoms. The van der Waals surface area contributed by atoms with E-state index < -0.39 is 0 Å². The van der Waals surface area contributed by atoms with E-state index in [1.54, 1.807) is 8.52 Å². The molecule has 0 aliphatic heterocycles. The molecule has 0 radical (unpaired) electrons. The molecule has 4 heterocycles. The molecule has 9 aromatic rings. The van der Waals surface area contributed by atoms with Gasteiger partial charge in [0, 0.05) is 0 Å². The van der Waals surface area contributed by atoms with Crippen molar-refractivity contribution in [2.75, 3.05) is 9.80 Å². The van der Waals surface area contributed by atoms with Crippen molar-refractivity contribution in [3.8, 4) is 0 Å². The second-order valence-electron chi connectivity index (χ2n) is 10.6. The second-order valence-corrected chi connectivity index (χ2v) is 16.9. The first-order chi connectivity index (χ1) is 21.8. The second kappa shape index (κ2) is 10.9. The van der Waals surface area contributed by atoms with Gasteiger partial charge in [-0.3, -0.25) is 0 Å². The Bertz CT molecular complexity index is 2310. The van der Waals surface area contributed by atoms with Crippen molar-refractivity contribution >= 4 is 122 Å². The molecular formula is C38H24N2S2Se2. The van der Waals surface area contributed by atoms with Crippen LogP contribution >= 0.6 is 22.7 Å². The van der Waals surface area contributed by atoms with E-state index in [9.17, 15) is 0 Å². The van der Waals surface area contributed by atoms with Crippen LogP contribution in [0.25, 0.3) is 38.8 Å². The standard InChI is InChI=1S/C38H24N2S2Se2/c1-5-13-25(14-6-1)39(26-15-7-2-8-16-26)32-23-29-34-35(42-31-21-22-41-36(31)34)30-24-33(44-38(30)37(29)43-32)40(27-17-9-3-10-18-27)28-19-11-4-12-20-28/h1-24H. The predicted octanol–water partition coefficient (Wildman–Crippen LogP) is 11.5. The van der Waals surface area contributed by atoms with Crippen molar-refractivity contribution in [2.45, 2.75) is 0 Å². The van der Waals surface area contributed by atoms with Crippen LogP contribution in [0, 0.1) is 0 Å². The van der Waals surface area contributed by atoms with Gasteiger partial charge >= 0.3 is 277 Å². The zero-order valence-corrected chi connectivity index (χ0v) is 28.4. The van der Waals surface area contributed by atoms with Gasteiger partial charge in [-0.25, -0.2) is 0 Å². The third-order valence-corrected chi connectivity index (χ3v) is 15.6. The van der Waals surface area contributed by atoms with Crippen molar-refractivity contribution in [3.05, 3.63) is 145 Å². The molecule has 4 aromatic heterocycles. The van der Waals surface area contributed by atoms with Gasteiger partial charge in [0.2, 0.25) is 0 Å². The number of rotatable bonds is 6. The van der Waals surface area contributed by atoms with Crippen LogP contribution in [0.3, 0.4) is 0 Å². The quantitative estimate of drug-likeness (QED) is 0.157. The number of nitrogens with zero attached hydrogens (tertiary/aromatic N) is 2. The molecule has 0 spiro atoms. The summed E-state index contributed by atoms with van der Waals surface area (Å²) in [6.07, 6.45) is 0. The average molecular weight is 731 g/mol. The number of thiophene rings is 2. The third-order valence-electron chi connectivity index (χ3n) is 7.95. The monoisotopic (exact) mass is 732 g/mol. The van der Waals surface area contributed by atoms with Gasteiger partial charge in [0.15, 0.2) is 0 Å². The summed E-state index contributed by atoms with van der Waals surface area (Å²) in [5.74, 6) is 0. The van der Waals surface area contributed by atoms with Crippen molar-refractivity contribution in [1.29, 1.82) is 0 Å². The van der Waals surface area contributed by atoms with Crippen LogP contribution < -0.4 is 9.80 Å². The number of fused-ring (bicyclic) bond motifs is 8. The first-order valence-corrected chi connectivity index (χ1v) is 19.5. The summed E-state index contributed by atoms with van der Waals surface area (Å²) in [7, 11) is 0. The molecule has 0 saturated carbocycles. The van der Waals surface area contributed by atoms with E-state index in [-0.39, 0.29) is 29.0 Å². The van der Waals surface area contributed by atoms with Gasteiger partial charge in [-0.2, -0.15) is 0 Å². The van der Waals surface area contributed by atoms with E-state index >= 15 is 0 Å². The normalized spacial score (nSPS) is 11.6. The van der Waals surface area contributed by atoms with Gasteiger partial charge in [0.05, 0.1) is 0 Å². The Hall–Kier alpha value is -3.86. The molecule has 0 saturated heterocycles. The van der Waals surface area contributed by atoms with Gasteiger partial charge in [0.25, 0.3) is 0 Å². The number of anilines is 6. The molecule has 210 valence electrons. The number of benzene rings is 5. The maximum absolute atomic E-state index is 2.52. The Kier molecular flexibility index (Phi) is 6.60. The molecule has 0 N–H and O–H groups in total. The van der Waals surface area contributed by atoms with E-state index in [1.807, 2.05) is 22.7 Å². The SMILES string of the molecule is c1ccc(N(c2ccccc2)c2cc3c4sc5ccsc5c4c4cc(N(c5ccccc5)c5ccccc5)[se]c4c3[se]2)cc1. The Morgan fingerprint density at radius 2 is 0.886 bits per heavy atom. The maximum atomic E-state index is 2.52. The fourth-order valence-corrected chi connectivity index (χ4v) is 14.4. The number of para-hydroxylation sites is 4. The van der Waals surface area contributed by atoms with Crippen LogP contribution in [0.5, 0.6) is 0 Å². The van der Waals surface area contributed by atoms with Crippen LogP contribution in [0.4, 0.5) is 31.9 Å². The predicted molar refractivity (Wildman–Crippen MR) is 195 cm³/mol. The molecule has 44 heavy (non-hydrogen) atoms. The first-order valence-electron chi connectivity index (χ1n) is 14.4. The zero-order chi connectivity index (χ0) is 29.0. The molecular weight excluding hydrogens is 706 g/mol. The Morgan fingerprint density at radius 1 is 0.455 bits per heavy atom. The van der Waals surface area contributed by atoms with Crippen LogP contribution in [0.2, 0.25) is 0 Å². The Balaban J connectivity index is 1.35. The Labute approximate surface area is 275 Å². The number of hydrogen-bond acceptors (Lipinski definition) is 4. The molecule has 0 fully saturated rings. The molecule has 2 nitrogen and oxygen atoms in total. The topological polar surface area (TPSA) is 6.48 Å². The van der Waals surface area contributed by atoms with E-state index in [4.69, 9.17) is 0 Å². The van der Waals surface area contributed by atoms with Gasteiger partial charge in [-0.05, 0) is 0 Å². The average Bonchev–Trinajstić information content (AvgIpc) is 3.87. The van der Waals surface area contributed by atoms with E-state index in [2.05, 4.69) is 155 Å². The molecule has 0 aliphatic rings. The molecule has 0 unspecified atom stereocenters. The van der Waals surface area contributed by atoms with Crippen molar-refractivity contribution in [1.82, 2.24) is 0 Å². The fourth-order valence-electron chi connectivity index (χ4n) is 6.04. The molecule has 5 aromatic carbocycles. The third kappa shape index (κ3) is 4.34. The fraction of sp³-hybridized carbons (Fsp3) is 0. The minimum absolute atomic E-state index is 0.153. The van der Waals surface area contributed by atoms with E-state index in [1.165, 1.54) is 62.1 Å². The first kappa shape index (κ1) is 26.5. The van der Waals surface area contributed by atoms with Crippen molar-refractivity contribution < 1.29 is 0 Å². The number of hydrogen-bond donors (Lipinski definition) is 0. The molecule has 9 rings (SSSR count). The van der Waals surface area contributed by atoms with Crippen LogP contribution in [-0.4, -0.2) is 29.0 Å². The van der Waals surface area contributed by atoms with Crippen LogP contribution in [0.15, 0.2) is 145 Å². The molecule has 0 atom stereocenters. The van der Waals surface area contributed by atoms with Crippen LogP contribution in [-0.2, 0) is 0 Å². The van der Waals surface area contributed by atoms with Gasteiger partial charge in [0.1, 0.15) is 0 Å². The molecule has 0 aliphatic carbocycles. The molecule has 0 bridgehead atoms. The minimum atomic E-state index is 0.153. The Morgan fingerprint density at radius 3 is 1.36 bits per heavy atom. The summed E-state index contributed by atoms with van der Waals surface area (Å²) < 4.78 is 10.2. The van der Waals surface area contributed by atoms with E-state index in [0.717, 1.165) is 0 Å². The zero-order valence-electron chi connectivity index (χ0n) is 23.4. The van der Waals surface area contributed by atoms with Crippen molar-refractivity contribution in [3.63, 3.8) is 0 Å². The summed E-state index contributed by atoms with van der Waals surface area (Å²) in [5, 5.41) is 6.59. The van der Waals surface area contributed by atoms with Gasteiger partial charge in [-0.15, -0.1) is 0 Å². The summed E-state index contributed by atoms with van der Waals surface area (Å²) in [4.78, 5) is 4.96. The molecule has 0 amide bonds. The summed E-state index contributed by atoms with van der Waals surface area (Å²) in [6, 6.07) is 50.8. The summed E-state index contributed by atoms with van der Waals surface area (Å²) in [5.41, 5.74) is 4.84. The van der Waals surface area contributed by atoms with Crippen molar-refractivity contribution in [2.24, 2.45) is 0 Å². The summed E-state index contributed by atoms with van der Waals surface area (Å²) in [6.45, 7) is 0. The van der Waals surface area contributed by atoms with Gasteiger partial charge in [-0.1, -0.05) is 0 Å². The van der Waals surface area contributed by atoms with E-state index in [0.29, 0.717) is 0 Å². The summed E-state index contributed by atoms with van der Waals surface area (Å²) >= 11 is 4.17. The van der Waals surface area contributed by atoms with Gasteiger partial charge < -0.3 is 0 Å². The van der Waals surface area contributed by atoms with Crippen LogP contribution in [0.1, 0.15) is 0 Å².